The summed E-state index contributed by atoms with van der Waals surface area (Å²) >= 11 is 2.28. The Balaban J connectivity index is 2.42. The highest BCUT2D eigenvalue weighted by atomic mass is 127. The predicted octanol–water partition coefficient (Wildman–Crippen LogP) is 3.00. The van der Waals surface area contributed by atoms with E-state index in [0.29, 0.717) is 6.42 Å². The molecule has 0 aliphatic heterocycles. The van der Waals surface area contributed by atoms with E-state index in [0.717, 1.165) is 35.7 Å². The number of rotatable bonds is 8. The molecule has 0 spiro atoms. The number of nitrogens with one attached hydrogen (secondary N) is 1. The third-order valence-electron chi connectivity index (χ3n) is 3.12. The van der Waals surface area contributed by atoms with E-state index in [1.54, 1.807) is 7.05 Å². The van der Waals surface area contributed by atoms with Crippen molar-refractivity contribution in [3.05, 3.63) is 35.4 Å². The predicted molar refractivity (Wildman–Crippen MR) is 86.5 cm³/mol. The monoisotopic (exact) mass is 375 g/mol. The maximum absolute atomic E-state index is 11.1. The molecule has 1 aromatic carbocycles. The van der Waals surface area contributed by atoms with Crippen molar-refractivity contribution < 1.29 is 9.90 Å². The maximum atomic E-state index is 11.1. The van der Waals surface area contributed by atoms with Gasteiger partial charge in [-0.25, -0.2) is 0 Å². The maximum Gasteiger partial charge on any atom is 0.219 e. The molecule has 4 heteroatoms. The van der Waals surface area contributed by atoms with Crippen LogP contribution in [-0.2, 0) is 11.2 Å². The molecule has 19 heavy (non-hydrogen) atoms. The molecule has 2 N–H and O–H groups in total. The van der Waals surface area contributed by atoms with Gasteiger partial charge in [-0.05, 0) is 36.8 Å². The van der Waals surface area contributed by atoms with Gasteiger partial charge in [-0.1, -0.05) is 46.9 Å². The Labute approximate surface area is 128 Å². The van der Waals surface area contributed by atoms with E-state index in [1.807, 2.05) is 12.1 Å². The van der Waals surface area contributed by atoms with Gasteiger partial charge < -0.3 is 10.4 Å². The highest BCUT2D eigenvalue weighted by Gasteiger charge is 2.07. The van der Waals surface area contributed by atoms with Crippen LogP contribution >= 0.6 is 22.6 Å². The van der Waals surface area contributed by atoms with Crippen molar-refractivity contribution in [2.75, 3.05) is 11.5 Å². The van der Waals surface area contributed by atoms with E-state index in [9.17, 15) is 9.90 Å². The molecule has 1 aromatic rings. The minimum absolute atomic E-state index is 0.103. The van der Waals surface area contributed by atoms with Crippen LogP contribution < -0.4 is 5.32 Å². The number of unbranched alkanes of at least 4 members (excludes halogenated alkanes) is 1. The number of alkyl halides is 1. The van der Waals surface area contributed by atoms with Gasteiger partial charge in [0.1, 0.15) is 0 Å². The average molecular weight is 375 g/mol. The van der Waals surface area contributed by atoms with Gasteiger partial charge in [0.05, 0.1) is 6.10 Å². The van der Waals surface area contributed by atoms with Gasteiger partial charge in [-0.2, -0.15) is 0 Å². The lowest BCUT2D eigenvalue weighted by molar-refractivity contribution is -0.120. The fourth-order valence-electron chi connectivity index (χ4n) is 1.97. The molecule has 0 aliphatic rings. The standard InChI is InChI=1S/C15H22INO2/c1-17-15(19)8-3-2-5-12-6-4-7-13(11-12)14(18)9-10-16/h4,6-7,11,14,18H,2-3,5,8-10H2,1H3,(H,17,19). The number of aliphatic hydroxyl groups is 1. The molecular formula is C15H22INO2. The Morgan fingerprint density at radius 3 is 2.89 bits per heavy atom. The van der Waals surface area contributed by atoms with Crippen LogP contribution in [0.1, 0.15) is 42.9 Å². The molecule has 3 nitrogen and oxygen atoms in total. The zero-order chi connectivity index (χ0) is 14.1. The van der Waals surface area contributed by atoms with E-state index in [-0.39, 0.29) is 12.0 Å². The van der Waals surface area contributed by atoms with Gasteiger partial charge in [-0.3, -0.25) is 4.79 Å². The molecule has 1 amide bonds. The first-order valence-corrected chi connectivity index (χ1v) is 8.23. The van der Waals surface area contributed by atoms with Crippen molar-refractivity contribution in [2.24, 2.45) is 0 Å². The van der Waals surface area contributed by atoms with Crippen LogP contribution in [0.25, 0.3) is 0 Å². The van der Waals surface area contributed by atoms with Gasteiger partial charge in [0, 0.05) is 17.9 Å². The van der Waals surface area contributed by atoms with Crippen LogP contribution in [0.4, 0.5) is 0 Å². The summed E-state index contributed by atoms with van der Waals surface area (Å²) in [4.78, 5) is 11.1. The second kappa shape index (κ2) is 9.31. The molecule has 0 heterocycles. The fraction of sp³-hybridized carbons (Fsp3) is 0.533. The summed E-state index contributed by atoms with van der Waals surface area (Å²) in [6.07, 6.45) is 3.89. The van der Waals surface area contributed by atoms with Crippen LogP contribution in [0, 0.1) is 0 Å². The summed E-state index contributed by atoms with van der Waals surface area (Å²) in [6.45, 7) is 0. The molecule has 0 saturated carbocycles. The van der Waals surface area contributed by atoms with Crippen LogP contribution in [-0.4, -0.2) is 22.5 Å². The summed E-state index contributed by atoms with van der Waals surface area (Å²) in [5.41, 5.74) is 2.24. The topological polar surface area (TPSA) is 49.3 Å². The molecular weight excluding hydrogens is 353 g/mol. The first-order chi connectivity index (χ1) is 9.17. The van der Waals surface area contributed by atoms with Gasteiger partial charge in [0.2, 0.25) is 5.91 Å². The first kappa shape index (κ1) is 16.4. The Bertz CT molecular complexity index is 395. The highest BCUT2D eigenvalue weighted by Crippen LogP contribution is 2.19. The molecule has 1 atom stereocenters. The van der Waals surface area contributed by atoms with Gasteiger partial charge in [0.25, 0.3) is 0 Å². The molecule has 0 fully saturated rings. The number of aryl methyl sites for hydroxylation is 1. The minimum atomic E-state index is -0.359. The van der Waals surface area contributed by atoms with E-state index in [4.69, 9.17) is 0 Å². The van der Waals surface area contributed by atoms with E-state index in [2.05, 4.69) is 40.0 Å². The molecule has 0 bridgehead atoms. The zero-order valence-electron chi connectivity index (χ0n) is 11.4. The summed E-state index contributed by atoms with van der Waals surface area (Å²) < 4.78 is 0.954. The van der Waals surface area contributed by atoms with Crippen molar-refractivity contribution in [1.82, 2.24) is 5.32 Å². The second-order valence-electron chi connectivity index (χ2n) is 4.62. The molecule has 1 rings (SSSR count). The third kappa shape index (κ3) is 6.38. The number of hydrogen-bond donors (Lipinski definition) is 2. The Morgan fingerprint density at radius 2 is 2.21 bits per heavy atom. The lowest BCUT2D eigenvalue weighted by Gasteiger charge is -2.11. The number of benzene rings is 1. The van der Waals surface area contributed by atoms with Crippen LogP contribution in [0.15, 0.2) is 24.3 Å². The quantitative estimate of drug-likeness (QED) is 0.417. The number of amides is 1. The Hall–Kier alpha value is -0.620. The zero-order valence-corrected chi connectivity index (χ0v) is 13.5. The Kier molecular flexibility index (Phi) is 8.05. The van der Waals surface area contributed by atoms with Crippen molar-refractivity contribution in [2.45, 2.75) is 38.2 Å². The summed E-state index contributed by atoms with van der Waals surface area (Å²) in [5, 5.41) is 12.6. The normalized spacial score (nSPS) is 12.2. The van der Waals surface area contributed by atoms with Crippen molar-refractivity contribution in [3.8, 4) is 0 Å². The van der Waals surface area contributed by atoms with E-state index >= 15 is 0 Å². The number of halogens is 1. The van der Waals surface area contributed by atoms with Gasteiger partial charge in [-0.15, -0.1) is 0 Å². The number of aliphatic hydroxyl groups excluding tert-OH is 1. The van der Waals surface area contributed by atoms with Crippen molar-refractivity contribution >= 4 is 28.5 Å². The number of carbonyl (C=O) groups excluding carboxylic acids is 1. The molecule has 0 aliphatic carbocycles. The highest BCUT2D eigenvalue weighted by molar-refractivity contribution is 14.1. The molecule has 0 aromatic heterocycles. The van der Waals surface area contributed by atoms with Gasteiger partial charge >= 0.3 is 0 Å². The SMILES string of the molecule is CNC(=O)CCCCc1cccc(C(O)CCI)c1. The largest absolute Gasteiger partial charge is 0.388 e. The lowest BCUT2D eigenvalue weighted by atomic mass is 10.0. The van der Waals surface area contributed by atoms with E-state index < -0.39 is 0 Å². The first-order valence-electron chi connectivity index (χ1n) is 6.70. The Morgan fingerprint density at radius 1 is 1.42 bits per heavy atom. The van der Waals surface area contributed by atoms with Crippen molar-refractivity contribution in [1.29, 1.82) is 0 Å². The number of carbonyl (C=O) groups is 1. The molecule has 0 radical (unpaired) electrons. The summed E-state index contributed by atoms with van der Waals surface area (Å²) in [6, 6.07) is 8.14. The molecule has 0 saturated heterocycles. The van der Waals surface area contributed by atoms with Crippen LogP contribution in [0.2, 0.25) is 0 Å². The van der Waals surface area contributed by atoms with Crippen LogP contribution in [0.5, 0.6) is 0 Å². The second-order valence-corrected chi connectivity index (χ2v) is 5.70. The lowest BCUT2D eigenvalue weighted by Crippen LogP contribution is -2.16. The molecule has 1 unspecified atom stereocenters. The van der Waals surface area contributed by atoms with Gasteiger partial charge in [0.15, 0.2) is 0 Å². The fourth-order valence-corrected chi connectivity index (χ4v) is 2.56. The number of hydrogen-bond acceptors (Lipinski definition) is 2. The summed E-state index contributed by atoms with van der Waals surface area (Å²) in [7, 11) is 1.67. The van der Waals surface area contributed by atoms with Crippen LogP contribution in [0.3, 0.4) is 0 Å². The average Bonchev–Trinajstić information content (AvgIpc) is 2.44. The third-order valence-corrected chi connectivity index (χ3v) is 3.74. The van der Waals surface area contributed by atoms with E-state index in [1.165, 1.54) is 5.56 Å². The summed E-state index contributed by atoms with van der Waals surface area (Å²) in [5.74, 6) is 0.103. The molecule has 106 valence electrons. The smallest absolute Gasteiger partial charge is 0.219 e. The minimum Gasteiger partial charge on any atom is -0.388 e. The van der Waals surface area contributed by atoms with Crippen molar-refractivity contribution in [3.63, 3.8) is 0 Å².